The third kappa shape index (κ3) is 4.56. The Kier molecular flexibility index (Phi) is 7.29. The van der Waals surface area contributed by atoms with Gasteiger partial charge in [-0.2, -0.15) is 5.06 Å². The fourth-order valence-corrected chi connectivity index (χ4v) is 2.97. The smallest absolute Gasteiger partial charge is 0.338 e. The van der Waals surface area contributed by atoms with Crippen LogP contribution >= 0.6 is 24.8 Å². The summed E-state index contributed by atoms with van der Waals surface area (Å²) in [4.78, 5) is 16.0. The zero-order valence-electron chi connectivity index (χ0n) is 13.3. The van der Waals surface area contributed by atoms with E-state index in [1.54, 1.807) is 24.5 Å². The van der Waals surface area contributed by atoms with Crippen molar-refractivity contribution in [3.05, 3.63) is 30.1 Å². The predicted octanol–water partition coefficient (Wildman–Crippen LogP) is 3.49. The minimum absolute atomic E-state index is 0. The van der Waals surface area contributed by atoms with Crippen molar-refractivity contribution < 1.29 is 14.7 Å². The van der Waals surface area contributed by atoms with Gasteiger partial charge in [0.2, 0.25) is 0 Å². The van der Waals surface area contributed by atoms with Gasteiger partial charge in [-0.15, -0.1) is 24.8 Å². The van der Waals surface area contributed by atoms with E-state index in [1.807, 2.05) is 27.7 Å². The SMILES string of the molecule is CC1(C)CC(OC(=O)c2ccncc2)CC(C)(C)N1O.Cl.Cl. The van der Waals surface area contributed by atoms with Crippen LogP contribution in [0, 0.1) is 0 Å². The number of piperidine rings is 1. The van der Waals surface area contributed by atoms with Crippen molar-refractivity contribution in [1.29, 1.82) is 0 Å². The first-order chi connectivity index (χ1) is 9.22. The Morgan fingerprint density at radius 2 is 1.64 bits per heavy atom. The largest absolute Gasteiger partial charge is 0.459 e. The molecule has 0 radical (unpaired) electrons. The van der Waals surface area contributed by atoms with Crippen LogP contribution in [0.1, 0.15) is 50.9 Å². The molecule has 1 aliphatic heterocycles. The van der Waals surface area contributed by atoms with Crippen LogP contribution in [-0.2, 0) is 4.74 Å². The lowest BCUT2D eigenvalue weighted by molar-refractivity contribution is -0.256. The molecule has 0 amide bonds. The Morgan fingerprint density at radius 1 is 1.18 bits per heavy atom. The van der Waals surface area contributed by atoms with E-state index in [0.29, 0.717) is 18.4 Å². The van der Waals surface area contributed by atoms with Crippen LogP contribution in [-0.4, -0.2) is 38.4 Å². The highest BCUT2D eigenvalue weighted by atomic mass is 35.5. The summed E-state index contributed by atoms with van der Waals surface area (Å²) >= 11 is 0. The van der Waals surface area contributed by atoms with Crippen molar-refractivity contribution in [3.63, 3.8) is 0 Å². The molecule has 2 rings (SSSR count). The number of hydroxylamine groups is 2. The van der Waals surface area contributed by atoms with Crippen LogP contribution in [0.15, 0.2) is 24.5 Å². The van der Waals surface area contributed by atoms with E-state index in [0.717, 1.165) is 0 Å². The van der Waals surface area contributed by atoms with Crippen LogP contribution in [0.5, 0.6) is 0 Å². The minimum Gasteiger partial charge on any atom is -0.459 e. The molecule has 0 unspecified atom stereocenters. The lowest BCUT2D eigenvalue weighted by Crippen LogP contribution is -2.60. The summed E-state index contributed by atoms with van der Waals surface area (Å²) in [5.74, 6) is -0.338. The summed E-state index contributed by atoms with van der Waals surface area (Å²) in [6.45, 7) is 7.78. The molecule has 22 heavy (non-hydrogen) atoms. The Bertz CT molecular complexity index is 477. The minimum atomic E-state index is -0.426. The number of carbonyl (C=O) groups excluding carboxylic acids is 1. The Labute approximate surface area is 143 Å². The van der Waals surface area contributed by atoms with Gasteiger partial charge in [0.25, 0.3) is 0 Å². The first-order valence-corrected chi connectivity index (χ1v) is 6.83. The van der Waals surface area contributed by atoms with Gasteiger partial charge in [-0.05, 0) is 39.8 Å². The third-order valence-corrected chi connectivity index (χ3v) is 3.79. The molecule has 0 atom stereocenters. The van der Waals surface area contributed by atoms with Crippen molar-refractivity contribution in [3.8, 4) is 0 Å². The number of pyridine rings is 1. The maximum atomic E-state index is 12.1. The highest BCUT2D eigenvalue weighted by Crippen LogP contribution is 2.38. The molecule has 5 nitrogen and oxygen atoms in total. The molecule has 0 saturated carbocycles. The number of nitrogens with zero attached hydrogens (tertiary/aromatic N) is 2. The van der Waals surface area contributed by atoms with Crippen molar-refractivity contribution in [1.82, 2.24) is 10.0 Å². The van der Waals surface area contributed by atoms with Gasteiger partial charge in [0, 0.05) is 36.3 Å². The molecule has 0 aliphatic carbocycles. The Morgan fingerprint density at radius 3 is 2.09 bits per heavy atom. The maximum absolute atomic E-state index is 12.1. The first-order valence-electron chi connectivity index (χ1n) is 6.83. The second-order valence-electron chi connectivity index (χ2n) is 6.61. The van der Waals surface area contributed by atoms with E-state index in [1.165, 1.54) is 5.06 Å². The second-order valence-corrected chi connectivity index (χ2v) is 6.61. The lowest BCUT2D eigenvalue weighted by atomic mass is 9.80. The van der Waals surface area contributed by atoms with Crippen LogP contribution in [0.25, 0.3) is 0 Å². The zero-order valence-corrected chi connectivity index (χ0v) is 14.9. The molecular weight excluding hydrogens is 327 g/mol. The molecule has 2 heterocycles. The van der Waals surface area contributed by atoms with E-state index in [9.17, 15) is 10.0 Å². The fraction of sp³-hybridized carbons (Fsp3) is 0.600. The molecular formula is C15H24Cl2N2O3. The molecule has 0 spiro atoms. The monoisotopic (exact) mass is 350 g/mol. The van der Waals surface area contributed by atoms with Gasteiger partial charge in [-0.25, -0.2) is 4.79 Å². The number of esters is 1. The van der Waals surface area contributed by atoms with Crippen LogP contribution < -0.4 is 0 Å². The molecule has 0 bridgehead atoms. The van der Waals surface area contributed by atoms with Gasteiger partial charge in [0.1, 0.15) is 6.10 Å². The molecule has 1 aromatic rings. The summed E-state index contributed by atoms with van der Waals surface area (Å²) < 4.78 is 5.59. The van der Waals surface area contributed by atoms with Gasteiger partial charge >= 0.3 is 5.97 Å². The number of halogens is 2. The summed E-state index contributed by atoms with van der Waals surface area (Å²) in [6.07, 6.45) is 4.14. The number of aromatic nitrogens is 1. The number of hydrogen-bond acceptors (Lipinski definition) is 5. The van der Waals surface area contributed by atoms with Gasteiger partial charge in [-0.3, -0.25) is 4.98 Å². The highest BCUT2D eigenvalue weighted by Gasteiger charge is 2.46. The Balaban J connectivity index is 0.00000220. The van der Waals surface area contributed by atoms with Crippen LogP contribution in [0.2, 0.25) is 0 Å². The van der Waals surface area contributed by atoms with E-state index in [2.05, 4.69) is 4.98 Å². The van der Waals surface area contributed by atoms with E-state index in [4.69, 9.17) is 4.74 Å². The second kappa shape index (κ2) is 7.59. The zero-order chi connectivity index (χ0) is 15.0. The molecule has 7 heteroatoms. The molecule has 1 aliphatic rings. The van der Waals surface area contributed by atoms with Crippen molar-refractivity contribution in [2.24, 2.45) is 0 Å². The average molecular weight is 351 g/mol. The topological polar surface area (TPSA) is 62.7 Å². The van der Waals surface area contributed by atoms with Crippen LogP contribution in [0.4, 0.5) is 0 Å². The standard InChI is InChI=1S/C15H22N2O3.2ClH/c1-14(2)9-12(10-15(3,4)17(14)19)20-13(18)11-5-7-16-8-6-11;;/h5-8,12,19H,9-10H2,1-4H3;2*1H. The highest BCUT2D eigenvalue weighted by molar-refractivity contribution is 5.89. The lowest BCUT2D eigenvalue weighted by Gasteiger charge is -2.50. The average Bonchev–Trinajstić information content (AvgIpc) is 2.36. The fourth-order valence-electron chi connectivity index (χ4n) is 2.97. The molecule has 1 N–H and O–H groups in total. The van der Waals surface area contributed by atoms with Gasteiger partial charge in [0.05, 0.1) is 5.56 Å². The first kappa shape index (κ1) is 21.1. The summed E-state index contributed by atoms with van der Waals surface area (Å²) in [5.41, 5.74) is -0.349. The van der Waals surface area contributed by atoms with Gasteiger partial charge in [0.15, 0.2) is 0 Å². The van der Waals surface area contributed by atoms with Crippen molar-refractivity contribution in [2.45, 2.75) is 57.7 Å². The third-order valence-electron chi connectivity index (χ3n) is 3.79. The summed E-state index contributed by atoms with van der Waals surface area (Å²) in [7, 11) is 0. The Hall–Kier alpha value is -0.880. The number of rotatable bonds is 2. The van der Waals surface area contributed by atoms with E-state index in [-0.39, 0.29) is 36.9 Å². The molecule has 1 aromatic heterocycles. The molecule has 1 saturated heterocycles. The predicted molar refractivity (Wildman–Crippen MR) is 89.0 cm³/mol. The van der Waals surface area contributed by atoms with E-state index >= 15 is 0 Å². The van der Waals surface area contributed by atoms with Crippen molar-refractivity contribution in [2.75, 3.05) is 0 Å². The number of carbonyl (C=O) groups is 1. The van der Waals surface area contributed by atoms with E-state index < -0.39 is 11.1 Å². The maximum Gasteiger partial charge on any atom is 0.338 e. The normalized spacial score (nSPS) is 20.4. The van der Waals surface area contributed by atoms with Crippen LogP contribution in [0.3, 0.4) is 0 Å². The molecule has 1 fully saturated rings. The molecule has 0 aromatic carbocycles. The number of ether oxygens (including phenoxy) is 1. The van der Waals surface area contributed by atoms with Crippen molar-refractivity contribution >= 4 is 30.8 Å². The summed E-state index contributed by atoms with van der Waals surface area (Å²) in [6, 6.07) is 3.28. The van der Waals surface area contributed by atoms with Gasteiger partial charge < -0.3 is 9.94 Å². The number of hydrogen-bond donors (Lipinski definition) is 1. The van der Waals surface area contributed by atoms with Gasteiger partial charge in [-0.1, -0.05) is 0 Å². The molecule has 126 valence electrons. The summed E-state index contributed by atoms with van der Waals surface area (Å²) in [5, 5.41) is 11.6. The quantitative estimate of drug-likeness (QED) is 0.827.